The minimum absolute atomic E-state index is 0.164. The van der Waals surface area contributed by atoms with Crippen molar-refractivity contribution >= 4 is 15.7 Å². The third-order valence-electron chi connectivity index (χ3n) is 4.23. The number of hydrogen-bond donors (Lipinski definition) is 2. The summed E-state index contributed by atoms with van der Waals surface area (Å²) in [5.74, 6) is 0. The first-order valence-electron chi connectivity index (χ1n) is 6.62. The number of hydrogen-bond acceptors (Lipinski definition) is 4. The maximum Gasteiger partial charge on any atom is 0.238 e. The lowest BCUT2D eigenvalue weighted by Gasteiger charge is -2.39. The van der Waals surface area contributed by atoms with Crippen molar-refractivity contribution in [2.45, 2.75) is 48.7 Å². The van der Waals surface area contributed by atoms with Gasteiger partial charge in [-0.05, 0) is 49.9 Å². The Hall–Kier alpha value is -1.11. The average molecular weight is 281 g/mol. The molecule has 0 spiro atoms. The van der Waals surface area contributed by atoms with Crippen LogP contribution in [0.15, 0.2) is 29.2 Å². The van der Waals surface area contributed by atoms with E-state index in [0.29, 0.717) is 18.1 Å². The first-order chi connectivity index (χ1) is 8.95. The summed E-state index contributed by atoms with van der Waals surface area (Å²) in [4.78, 5) is 2.56. The van der Waals surface area contributed by atoms with Gasteiger partial charge in [0.15, 0.2) is 0 Å². The number of anilines is 1. The fourth-order valence-corrected chi connectivity index (χ4v) is 3.96. The maximum absolute atomic E-state index is 11.3. The lowest BCUT2D eigenvalue weighted by Crippen LogP contribution is -2.47. The Morgan fingerprint density at radius 2 is 1.58 bits per heavy atom. The van der Waals surface area contributed by atoms with Crippen LogP contribution in [0.1, 0.15) is 25.7 Å². The molecule has 0 saturated carbocycles. The summed E-state index contributed by atoms with van der Waals surface area (Å²) in [6.07, 6.45) is 4.39. The summed E-state index contributed by atoms with van der Waals surface area (Å²) in [7, 11) is -3.61. The van der Waals surface area contributed by atoms with Crippen molar-refractivity contribution in [2.75, 3.05) is 4.90 Å². The Bertz CT molecular complexity index is 556. The van der Waals surface area contributed by atoms with Gasteiger partial charge in [-0.2, -0.15) is 0 Å². The van der Waals surface area contributed by atoms with E-state index in [1.54, 1.807) is 12.1 Å². The van der Waals surface area contributed by atoms with E-state index in [2.05, 4.69) is 4.90 Å². The van der Waals surface area contributed by atoms with Crippen LogP contribution in [0.25, 0.3) is 0 Å². The number of primary sulfonamides is 1. The van der Waals surface area contributed by atoms with Crippen molar-refractivity contribution in [1.29, 1.82) is 0 Å². The van der Waals surface area contributed by atoms with E-state index in [4.69, 9.17) is 10.9 Å². The Labute approximate surface area is 113 Å². The summed E-state index contributed by atoms with van der Waals surface area (Å²) in [6.45, 7) is 0. The van der Waals surface area contributed by atoms with Gasteiger partial charge in [0.05, 0.1) is 4.90 Å². The normalized spacial score (nSPS) is 30.6. The molecule has 19 heavy (non-hydrogen) atoms. The highest BCUT2D eigenvalue weighted by molar-refractivity contribution is 7.89. The van der Waals surface area contributed by atoms with Crippen molar-refractivity contribution in [1.82, 2.24) is 0 Å². The number of nitrogens with zero attached hydrogens (tertiary/aromatic N) is 1. The van der Waals surface area contributed by atoms with Gasteiger partial charge in [-0.25, -0.2) is 13.6 Å². The molecule has 6 heteroatoms. The molecule has 2 atom stereocenters. The lowest BCUT2D eigenvalue weighted by molar-refractivity contribution is 0.414. The second-order valence-electron chi connectivity index (χ2n) is 5.56. The molecule has 104 valence electrons. The molecule has 2 aliphatic rings. The van der Waals surface area contributed by atoms with Crippen LogP contribution in [0, 0.1) is 0 Å². The predicted octanol–water partition coefficient (Wildman–Crippen LogP) is 0.793. The molecule has 1 aromatic carbocycles. The van der Waals surface area contributed by atoms with Gasteiger partial charge in [0, 0.05) is 23.8 Å². The summed E-state index contributed by atoms with van der Waals surface area (Å²) in [5, 5.41) is 5.11. The second kappa shape index (κ2) is 4.47. The minimum atomic E-state index is -3.61. The fourth-order valence-electron chi connectivity index (χ4n) is 3.45. The van der Waals surface area contributed by atoms with Crippen molar-refractivity contribution in [2.24, 2.45) is 10.9 Å². The lowest BCUT2D eigenvalue weighted by atomic mass is 9.97. The first kappa shape index (κ1) is 12.9. The van der Waals surface area contributed by atoms with Gasteiger partial charge in [-0.1, -0.05) is 0 Å². The molecule has 2 fully saturated rings. The molecule has 0 radical (unpaired) electrons. The number of rotatable bonds is 2. The van der Waals surface area contributed by atoms with Crippen molar-refractivity contribution < 1.29 is 8.42 Å². The largest absolute Gasteiger partial charge is 0.365 e. The zero-order valence-corrected chi connectivity index (χ0v) is 11.5. The standard InChI is InChI=1S/C13H19N3O2S/c14-9-7-11-1-2-12(8-9)16(11)10-3-5-13(6-4-10)19(15,17)18/h3-6,9,11-12H,1-2,7-8,14H2,(H2,15,17,18). The summed E-state index contributed by atoms with van der Waals surface area (Å²) >= 11 is 0. The highest BCUT2D eigenvalue weighted by atomic mass is 32.2. The predicted molar refractivity (Wildman–Crippen MR) is 74.3 cm³/mol. The van der Waals surface area contributed by atoms with Crippen LogP contribution in [0.2, 0.25) is 0 Å². The molecule has 3 rings (SSSR count). The summed E-state index contributed by atoms with van der Waals surface area (Å²) in [6, 6.07) is 8.15. The fraction of sp³-hybridized carbons (Fsp3) is 0.538. The molecule has 5 nitrogen and oxygen atoms in total. The Kier molecular flexibility index (Phi) is 3.03. The summed E-state index contributed by atoms with van der Waals surface area (Å²) in [5.41, 5.74) is 7.13. The van der Waals surface area contributed by atoms with Gasteiger partial charge in [0.25, 0.3) is 0 Å². The van der Waals surface area contributed by atoms with Crippen LogP contribution in [-0.4, -0.2) is 26.5 Å². The molecule has 0 amide bonds. The second-order valence-corrected chi connectivity index (χ2v) is 7.12. The van der Waals surface area contributed by atoms with E-state index in [9.17, 15) is 8.42 Å². The quantitative estimate of drug-likeness (QED) is 0.839. The Morgan fingerprint density at radius 3 is 2.05 bits per heavy atom. The molecular formula is C13H19N3O2S. The molecule has 4 N–H and O–H groups in total. The monoisotopic (exact) mass is 281 g/mol. The van der Waals surface area contributed by atoms with Crippen molar-refractivity contribution in [3.63, 3.8) is 0 Å². The van der Waals surface area contributed by atoms with Crippen LogP contribution < -0.4 is 15.8 Å². The highest BCUT2D eigenvalue weighted by Crippen LogP contribution is 2.38. The van der Waals surface area contributed by atoms with E-state index in [1.165, 1.54) is 12.8 Å². The maximum atomic E-state index is 11.3. The van der Waals surface area contributed by atoms with E-state index in [-0.39, 0.29) is 4.90 Å². The highest BCUT2D eigenvalue weighted by Gasteiger charge is 2.39. The molecule has 0 aliphatic carbocycles. The zero-order chi connectivity index (χ0) is 13.6. The minimum Gasteiger partial charge on any atom is -0.365 e. The van der Waals surface area contributed by atoms with Gasteiger partial charge in [-0.15, -0.1) is 0 Å². The Balaban J connectivity index is 1.88. The van der Waals surface area contributed by atoms with Crippen molar-refractivity contribution in [3.05, 3.63) is 24.3 Å². The van der Waals surface area contributed by atoms with E-state index in [1.807, 2.05) is 12.1 Å². The number of benzene rings is 1. The first-order valence-corrected chi connectivity index (χ1v) is 8.16. The molecule has 2 aliphatic heterocycles. The average Bonchev–Trinajstić information content (AvgIpc) is 2.61. The molecular weight excluding hydrogens is 262 g/mol. The van der Waals surface area contributed by atoms with E-state index in [0.717, 1.165) is 18.5 Å². The van der Waals surface area contributed by atoms with Gasteiger partial charge >= 0.3 is 0 Å². The molecule has 2 saturated heterocycles. The topological polar surface area (TPSA) is 89.4 Å². The van der Waals surface area contributed by atoms with Crippen LogP contribution in [-0.2, 0) is 10.0 Å². The van der Waals surface area contributed by atoms with Gasteiger partial charge in [-0.3, -0.25) is 0 Å². The number of fused-ring (bicyclic) bond motifs is 2. The number of piperidine rings is 1. The van der Waals surface area contributed by atoms with Gasteiger partial charge in [0.1, 0.15) is 0 Å². The van der Waals surface area contributed by atoms with E-state index >= 15 is 0 Å². The molecule has 2 heterocycles. The summed E-state index contributed by atoms with van der Waals surface area (Å²) < 4.78 is 22.5. The number of sulfonamides is 1. The molecule has 1 aromatic rings. The number of nitrogens with two attached hydrogens (primary N) is 2. The zero-order valence-electron chi connectivity index (χ0n) is 10.7. The molecule has 0 aromatic heterocycles. The molecule has 2 bridgehead atoms. The van der Waals surface area contributed by atoms with Gasteiger partial charge < -0.3 is 10.6 Å². The van der Waals surface area contributed by atoms with Gasteiger partial charge in [0.2, 0.25) is 10.0 Å². The van der Waals surface area contributed by atoms with Crippen LogP contribution in [0.5, 0.6) is 0 Å². The molecule has 2 unspecified atom stereocenters. The van der Waals surface area contributed by atoms with E-state index < -0.39 is 10.0 Å². The smallest absolute Gasteiger partial charge is 0.238 e. The Morgan fingerprint density at radius 1 is 1.05 bits per heavy atom. The van der Waals surface area contributed by atoms with Crippen molar-refractivity contribution in [3.8, 4) is 0 Å². The van der Waals surface area contributed by atoms with Crippen LogP contribution in [0.4, 0.5) is 5.69 Å². The van der Waals surface area contributed by atoms with Crippen LogP contribution in [0.3, 0.4) is 0 Å². The van der Waals surface area contributed by atoms with Crippen LogP contribution >= 0.6 is 0 Å². The third-order valence-corrected chi connectivity index (χ3v) is 5.16. The third kappa shape index (κ3) is 2.35. The SMILES string of the molecule is NC1CC2CCC(C1)N2c1ccc(S(N)(=O)=O)cc1.